The van der Waals surface area contributed by atoms with Gasteiger partial charge in [-0.2, -0.15) is 0 Å². The average Bonchev–Trinajstić information content (AvgIpc) is 2.53. The van der Waals surface area contributed by atoms with Crippen molar-refractivity contribution in [2.24, 2.45) is 0 Å². The Balaban J connectivity index is 2.05. The molecule has 1 heteroatoms. The zero-order valence-corrected chi connectivity index (χ0v) is 13.1. The molecule has 0 aliphatic heterocycles. The lowest BCUT2D eigenvalue weighted by atomic mass is 10.00. The highest BCUT2D eigenvalue weighted by atomic mass is 16.5. The fraction of sp³-hybridized carbons (Fsp3) is 0.300. The normalized spacial score (nSPS) is 14.0. The predicted octanol–water partition coefficient (Wildman–Crippen LogP) is 5.68. The smallest absolute Gasteiger partial charge is 0.120 e. The summed E-state index contributed by atoms with van der Waals surface area (Å²) in [4.78, 5) is 0. The van der Waals surface area contributed by atoms with Crippen LogP contribution < -0.4 is 4.74 Å². The highest BCUT2D eigenvalue weighted by Gasteiger charge is 2.02. The summed E-state index contributed by atoms with van der Waals surface area (Å²) in [6, 6.07) is 18.8. The summed E-state index contributed by atoms with van der Waals surface area (Å²) in [7, 11) is 0. The quantitative estimate of drug-likeness (QED) is 0.661. The molecule has 0 amide bonds. The molecular formula is C20H24O. The molecule has 0 radical (unpaired) electrons. The first-order chi connectivity index (χ1) is 10.2. The maximum Gasteiger partial charge on any atom is 0.120 e. The second-order valence-corrected chi connectivity index (χ2v) is 5.47. The van der Waals surface area contributed by atoms with Crippen molar-refractivity contribution in [3.05, 3.63) is 71.8 Å². The lowest BCUT2D eigenvalue weighted by Gasteiger charge is -2.12. The largest absolute Gasteiger partial charge is 0.491 e. The summed E-state index contributed by atoms with van der Waals surface area (Å²) in [5, 5.41) is 0. The summed E-state index contributed by atoms with van der Waals surface area (Å²) in [6.45, 7) is 6.45. The van der Waals surface area contributed by atoms with Crippen LogP contribution in [0.5, 0.6) is 5.75 Å². The van der Waals surface area contributed by atoms with Gasteiger partial charge in [0.1, 0.15) is 5.75 Å². The molecule has 0 fully saturated rings. The minimum Gasteiger partial charge on any atom is -0.491 e. The molecule has 0 bridgehead atoms. The molecule has 0 aromatic heterocycles. The lowest BCUT2D eigenvalue weighted by Crippen LogP contribution is -2.09. The van der Waals surface area contributed by atoms with Gasteiger partial charge in [0.15, 0.2) is 0 Å². The molecule has 2 atom stereocenters. The summed E-state index contributed by atoms with van der Waals surface area (Å²) in [5.74, 6) is 1.35. The highest BCUT2D eigenvalue weighted by Crippen LogP contribution is 2.20. The Bertz CT molecular complexity index is 571. The van der Waals surface area contributed by atoms with Gasteiger partial charge in [-0.05, 0) is 42.5 Å². The van der Waals surface area contributed by atoms with E-state index in [4.69, 9.17) is 4.74 Å². The van der Waals surface area contributed by atoms with E-state index >= 15 is 0 Å². The van der Waals surface area contributed by atoms with E-state index in [0.29, 0.717) is 5.92 Å². The summed E-state index contributed by atoms with van der Waals surface area (Å²) in [6.07, 6.45) is 5.68. The van der Waals surface area contributed by atoms with Gasteiger partial charge in [-0.25, -0.2) is 0 Å². The van der Waals surface area contributed by atoms with Gasteiger partial charge < -0.3 is 4.74 Å². The number of benzene rings is 2. The fourth-order valence-electron chi connectivity index (χ4n) is 2.13. The van der Waals surface area contributed by atoms with Crippen molar-refractivity contribution in [3.63, 3.8) is 0 Å². The zero-order valence-electron chi connectivity index (χ0n) is 13.1. The number of allylic oxidation sites excluding steroid dienone is 1. The van der Waals surface area contributed by atoms with Gasteiger partial charge in [0.2, 0.25) is 0 Å². The van der Waals surface area contributed by atoms with Crippen LogP contribution in [-0.2, 0) is 0 Å². The lowest BCUT2D eigenvalue weighted by molar-refractivity contribution is 0.217. The summed E-state index contributed by atoms with van der Waals surface area (Å²) >= 11 is 0. The first kappa shape index (κ1) is 15.4. The van der Waals surface area contributed by atoms with Crippen LogP contribution in [0, 0.1) is 0 Å². The number of rotatable bonds is 6. The molecule has 2 rings (SSSR count). The Morgan fingerprint density at radius 3 is 2.48 bits per heavy atom. The van der Waals surface area contributed by atoms with E-state index in [0.717, 1.165) is 12.2 Å². The third kappa shape index (κ3) is 4.78. The van der Waals surface area contributed by atoms with E-state index in [1.165, 1.54) is 11.1 Å². The van der Waals surface area contributed by atoms with E-state index in [9.17, 15) is 0 Å². The van der Waals surface area contributed by atoms with Crippen LogP contribution in [0.15, 0.2) is 60.7 Å². The van der Waals surface area contributed by atoms with Crippen LogP contribution in [0.1, 0.15) is 44.2 Å². The molecule has 2 aromatic carbocycles. The fourth-order valence-corrected chi connectivity index (χ4v) is 2.13. The Morgan fingerprint density at radius 2 is 1.76 bits per heavy atom. The van der Waals surface area contributed by atoms with Crippen LogP contribution in [-0.4, -0.2) is 6.10 Å². The van der Waals surface area contributed by atoms with E-state index < -0.39 is 0 Å². The number of hydrogen-bond acceptors (Lipinski definition) is 1. The summed E-state index contributed by atoms with van der Waals surface area (Å²) < 4.78 is 5.86. The maximum absolute atomic E-state index is 5.86. The Morgan fingerprint density at radius 1 is 1.00 bits per heavy atom. The van der Waals surface area contributed by atoms with E-state index in [-0.39, 0.29) is 6.10 Å². The van der Waals surface area contributed by atoms with Crippen LogP contribution in [0.4, 0.5) is 0 Å². The van der Waals surface area contributed by atoms with Crippen molar-refractivity contribution in [1.82, 2.24) is 0 Å². The van der Waals surface area contributed by atoms with Gasteiger partial charge in [-0.15, -0.1) is 0 Å². The number of hydrogen-bond donors (Lipinski definition) is 0. The van der Waals surface area contributed by atoms with E-state index in [1.54, 1.807) is 0 Å². The third-order valence-electron chi connectivity index (χ3n) is 3.67. The first-order valence-corrected chi connectivity index (χ1v) is 7.69. The van der Waals surface area contributed by atoms with Crippen molar-refractivity contribution in [2.75, 3.05) is 0 Å². The molecule has 2 unspecified atom stereocenters. The van der Waals surface area contributed by atoms with Crippen molar-refractivity contribution in [3.8, 4) is 5.75 Å². The molecular weight excluding hydrogens is 256 g/mol. The van der Waals surface area contributed by atoms with Gasteiger partial charge in [-0.1, -0.05) is 68.5 Å². The molecule has 0 heterocycles. The molecule has 0 aliphatic rings. The van der Waals surface area contributed by atoms with Gasteiger partial charge in [0.25, 0.3) is 0 Å². The molecule has 21 heavy (non-hydrogen) atoms. The van der Waals surface area contributed by atoms with Gasteiger partial charge in [0.05, 0.1) is 6.10 Å². The van der Waals surface area contributed by atoms with Gasteiger partial charge in [-0.3, -0.25) is 0 Å². The van der Waals surface area contributed by atoms with Crippen LogP contribution in [0.2, 0.25) is 0 Å². The maximum atomic E-state index is 5.86. The van der Waals surface area contributed by atoms with E-state index in [2.05, 4.69) is 75.4 Å². The highest BCUT2D eigenvalue weighted by molar-refractivity contribution is 5.53. The first-order valence-electron chi connectivity index (χ1n) is 7.69. The summed E-state index contributed by atoms with van der Waals surface area (Å²) in [5.41, 5.74) is 2.51. The third-order valence-corrected chi connectivity index (χ3v) is 3.67. The second kappa shape index (κ2) is 7.68. The SMILES string of the molecule is CCC(C)Oc1cccc(C=CC(C)c2ccccc2)c1. The van der Waals surface area contributed by atoms with Crippen LogP contribution in [0.3, 0.4) is 0 Å². The number of ether oxygens (including phenoxy) is 1. The molecule has 0 N–H and O–H groups in total. The monoisotopic (exact) mass is 280 g/mol. The minimum atomic E-state index is 0.257. The molecule has 1 nitrogen and oxygen atoms in total. The molecule has 0 spiro atoms. The van der Waals surface area contributed by atoms with Crippen molar-refractivity contribution in [1.29, 1.82) is 0 Å². The van der Waals surface area contributed by atoms with Crippen LogP contribution >= 0.6 is 0 Å². The van der Waals surface area contributed by atoms with Crippen molar-refractivity contribution < 1.29 is 4.74 Å². The Kier molecular flexibility index (Phi) is 5.62. The van der Waals surface area contributed by atoms with E-state index in [1.807, 2.05) is 12.1 Å². The predicted molar refractivity (Wildman–Crippen MR) is 90.7 cm³/mol. The molecule has 0 saturated carbocycles. The van der Waals surface area contributed by atoms with Crippen molar-refractivity contribution >= 4 is 6.08 Å². The Labute approximate surface area is 128 Å². The average molecular weight is 280 g/mol. The van der Waals surface area contributed by atoms with Crippen molar-refractivity contribution in [2.45, 2.75) is 39.2 Å². The molecule has 2 aromatic rings. The zero-order chi connectivity index (χ0) is 15.1. The van der Waals surface area contributed by atoms with Gasteiger partial charge in [0, 0.05) is 0 Å². The standard InChI is InChI=1S/C20H24O/c1-4-17(3)21-20-12-8-9-18(15-20)14-13-16(2)19-10-6-5-7-11-19/h5-17H,4H2,1-3H3. The Hall–Kier alpha value is -2.02. The van der Waals surface area contributed by atoms with Crippen LogP contribution in [0.25, 0.3) is 6.08 Å². The molecule has 0 saturated heterocycles. The topological polar surface area (TPSA) is 9.23 Å². The second-order valence-electron chi connectivity index (χ2n) is 5.47. The van der Waals surface area contributed by atoms with Gasteiger partial charge >= 0.3 is 0 Å². The minimum absolute atomic E-state index is 0.257. The molecule has 110 valence electrons. The molecule has 0 aliphatic carbocycles.